The van der Waals surface area contributed by atoms with Gasteiger partial charge in [-0.25, -0.2) is 9.78 Å². The molecular formula is C11H6Cl2N2O3S. The van der Waals surface area contributed by atoms with Gasteiger partial charge in [-0.15, -0.1) is 11.3 Å². The zero-order chi connectivity index (χ0) is 14.0. The molecule has 0 fully saturated rings. The Morgan fingerprint density at radius 2 is 2.05 bits per heavy atom. The van der Waals surface area contributed by atoms with Crippen LogP contribution >= 0.6 is 34.5 Å². The molecule has 0 saturated carbocycles. The van der Waals surface area contributed by atoms with Gasteiger partial charge in [-0.3, -0.25) is 4.79 Å². The van der Waals surface area contributed by atoms with Crippen LogP contribution in [-0.4, -0.2) is 22.0 Å². The monoisotopic (exact) mass is 316 g/mol. The number of aromatic nitrogens is 1. The van der Waals surface area contributed by atoms with Gasteiger partial charge in [0, 0.05) is 0 Å². The third-order valence-corrected chi connectivity index (χ3v) is 3.92. The lowest BCUT2D eigenvalue weighted by Crippen LogP contribution is -2.10. The third-order valence-electron chi connectivity index (χ3n) is 2.11. The van der Waals surface area contributed by atoms with E-state index >= 15 is 0 Å². The Kier molecular flexibility index (Phi) is 4.04. The molecule has 1 amide bonds. The van der Waals surface area contributed by atoms with Crippen molar-refractivity contribution in [1.29, 1.82) is 0 Å². The standard InChI is InChI=1S/C11H6Cl2N2O3S/c12-5-2-1-3-6(8(5)13)15-9(16)7-4-14-10(19-7)11(17)18/h1-4H,(H,15,16)(H,17,18). The molecule has 98 valence electrons. The summed E-state index contributed by atoms with van der Waals surface area (Å²) in [6.07, 6.45) is 1.20. The number of anilines is 1. The lowest BCUT2D eigenvalue weighted by atomic mass is 10.3. The third kappa shape index (κ3) is 3.04. The second kappa shape index (κ2) is 5.56. The van der Waals surface area contributed by atoms with E-state index in [9.17, 15) is 9.59 Å². The van der Waals surface area contributed by atoms with Gasteiger partial charge in [-0.05, 0) is 12.1 Å². The maximum atomic E-state index is 11.9. The van der Waals surface area contributed by atoms with Gasteiger partial charge in [0.2, 0.25) is 5.01 Å². The minimum atomic E-state index is -1.18. The molecule has 2 aromatic rings. The van der Waals surface area contributed by atoms with Crippen molar-refractivity contribution in [3.8, 4) is 0 Å². The predicted molar refractivity (Wildman–Crippen MR) is 73.5 cm³/mol. The number of amides is 1. The summed E-state index contributed by atoms with van der Waals surface area (Å²) in [6, 6.07) is 4.82. The average molecular weight is 317 g/mol. The summed E-state index contributed by atoms with van der Waals surface area (Å²) in [5, 5.41) is 11.7. The fourth-order valence-corrected chi connectivity index (χ4v) is 2.26. The number of rotatable bonds is 3. The largest absolute Gasteiger partial charge is 0.476 e. The van der Waals surface area contributed by atoms with E-state index in [1.54, 1.807) is 18.2 Å². The minimum absolute atomic E-state index is 0.151. The van der Waals surface area contributed by atoms with Crippen molar-refractivity contribution < 1.29 is 14.7 Å². The van der Waals surface area contributed by atoms with E-state index < -0.39 is 11.9 Å². The lowest BCUT2D eigenvalue weighted by molar-refractivity contribution is 0.0696. The van der Waals surface area contributed by atoms with Crippen molar-refractivity contribution in [2.75, 3.05) is 5.32 Å². The van der Waals surface area contributed by atoms with Gasteiger partial charge < -0.3 is 10.4 Å². The van der Waals surface area contributed by atoms with Crippen LogP contribution in [0.5, 0.6) is 0 Å². The summed E-state index contributed by atoms with van der Waals surface area (Å²) >= 11 is 12.5. The van der Waals surface area contributed by atoms with Gasteiger partial charge >= 0.3 is 5.97 Å². The number of hydrogen-bond donors (Lipinski definition) is 2. The molecule has 0 aliphatic rings. The van der Waals surface area contributed by atoms with Crippen LogP contribution in [0.15, 0.2) is 24.4 Å². The Bertz CT molecular complexity index is 657. The first-order chi connectivity index (χ1) is 8.99. The number of carboxylic acid groups (broad SMARTS) is 1. The van der Waals surface area contributed by atoms with E-state index in [1.165, 1.54) is 6.20 Å². The van der Waals surface area contributed by atoms with Crippen molar-refractivity contribution in [3.05, 3.63) is 44.3 Å². The highest BCUT2D eigenvalue weighted by atomic mass is 35.5. The van der Waals surface area contributed by atoms with Crippen molar-refractivity contribution in [2.45, 2.75) is 0 Å². The topological polar surface area (TPSA) is 79.3 Å². The van der Waals surface area contributed by atoms with Crippen molar-refractivity contribution >= 4 is 52.1 Å². The number of hydrogen-bond acceptors (Lipinski definition) is 4. The summed E-state index contributed by atoms with van der Waals surface area (Å²) < 4.78 is 0. The highest BCUT2D eigenvalue weighted by Crippen LogP contribution is 2.30. The summed E-state index contributed by atoms with van der Waals surface area (Å²) in [4.78, 5) is 26.3. The van der Waals surface area contributed by atoms with Crippen LogP contribution in [0.25, 0.3) is 0 Å². The van der Waals surface area contributed by atoms with Crippen LogP contribution in [0.2, 0.25) is 10.0 Å². The smallest absolute Gasteiger partial charge is 0.365 e. The van der Waals surface area contributed by atoms with Crippen LogP contribution in [0.4, 0.5) is 5.69 Å². The molecule has 19 heavy (non-hydrogen) atoms. The first-order valence-electron chi connectivity index (χ1n) is 4.93. The molecule has 0 saturated heterocycles. The molecule has 2 N–H and O–H groups in total. The van der Waals surface area contributed by atoms with E-state index in [0.29, 0.717) is 10.7 Å². The summed E-state index contributed by atoms with van der Waals surface area (Å²) in [5.74, 6) is -1.67. The fraction of sp³-hybridized carbons (Fsp3) is 0. The van der Waals surface area contributed by atoms with E-state index in [4.69, 9.17) is 28.3 Å². The minimum Gasteiger partial charge on any atom is -0.476 e. The molecule has 5 nitrogen and oxygen atoms in total. The number of thiazole rings is 1. The average Bonchev–Trinajstić information content (AvgIpc) is 2.84. The number of benzene rings is 1. The summed E-state index contributed by atoms with van der Waals surface area (Å²) in [5.41, 5.74) is 0.351. The normalized spacial score (nSPS) is 10.2. The Morgan fingerprint density at radius 1 is 1.32 bits per heavy atom. The Morgan fingerprint density at radius 3 is 2.68 bits per heavy atom. The van der Waals surface area contributed by atoms with Gasteiger partial charge in [-0.2, -0.15) is 0 Å². The van der Waals surface area contributed by atoms with Gasteiger partial charge in [0.15, 0.2) is 0 Å². The molecule has 0 bridgehead atoms. The van der Waals surface area contributed by atoms with Crippen LogP contribution in [0, 0.1) is 0 Å². The predicted octanol–water partition coefficient (Wildman–Crippen LogP) is 3.40. The Hall–Kier alpha value is -1.63. The second-order valence-electron chi connectivity index (χ2n) is 3.39. The maximum absolute atomic E-state index is 11.9. The van der Waals surface area contributed by atoms with E-state index in [2.05, 4.69) is 10.3 Å². The van der Waals surface area contributed by atoms with Gasteiger partial charge in [-0.1, -0.05) is 29.3 Å². The second-order valence-corrected chi connectivity index (χ2v) is 5.21. The number of halogens is 2. The number of nitrogens with one attached hydrogen (secondary N) is 1. The van der Waals surface area contributed by atoms with Gasteiger partial charge in [0.1, 0.15) is 4.88 Å². The first-order valence-corrected chi connectivity index (χ1v) is 6.50. The molecule has 0 unspecified atom stereocenters. The van der Waals surface area contributed by atoms with Gasteiger partial charge in [0.05, 0.1) is 21.9 Å². The maximum Gasteiger partial charge on any atom is 0.365 e. The van der Waals surface area contributed by atoms with Gasteiger partial charge in [0.25, 0.3) is 5.91 Å². The fourth-order valence-electron chi connectivity index (χ4n) is 1.26. The van der Waals surface area contributed by atoms with E-state index in [1.807, 2.05) is 0 Å². The van der Waals surface area contributed by atoms with Crippen LogP contribution in [-0.2, 0) is 0 Å². The Balaban J connectivity index is 2.21. The Labute approximate surface area is 121 Å². The molecule has 0 spiro atoms. The highest BCUT2D eigenvalue weighted by molar-refractivity contribution is 7.15. The molecule has 1 aromatic carbocycles. The molecule has 8 heteroatoms. The van der Waals surface area contributed by atoms with Crippen molar-refractivity contribution in [3.63, 3.8) is 0 Å². The quantitative estimate of drug-likeness (QED) is 0.909. The molecule has 0 aliphatic heterocycles. The zero-order valence-electron chi connectivity index (χ0n) is 9.18. The molecule has 1 heterocycles. The number of carbonyl (C=O) groups excluding carboxylic acids is 1. The zero-order valence-corrected chi connectivity index (χ0v) is 11.5. The first kappa shape index (κ1) is 13.8. The molecular weight excluding hydrogens is 311 g/mol. The number of nitrogens with zero attached hydrogens (tertiary/aromatic N) is 1. The number of carbonyl (C=O) groups is 2. The molecule has 0 aliphatic carbocycles. The molecule has 1 aromatic heterocycles. The van der Waals surface area contributed by atoms with Crippen LogP contribution < -0.4 is 5.32 Å². The lowest BCUT2D eigenvalue weighted by Gasteiger charge is -2.06. The van der Waals surface area contributed by atoms with Crippen molar-refractivity contribution in [1.82, 2.24) is 4.98 Å². The number of carboxylic acids is 1. The number of aromatic carboxylic acids is 1. The van der Waals surface area contributed by atoms with E-state index in [-0.39, 0.29) is 14.9 Å². The van der Waals surface area contributed by atoms with E-state index in [0.717, 1.165) is 11.3 Å². The van der Waals surface area contributed by atoms with Crippen LogP contribution in [0.3, 0.4) is 0 Å². The summed E-state index contributed by atoms with van der Waals surface area (Å²) in [7, 11) is 0. The molecule has 2 rings (SSSR count). The van der Waals surface area contributed by atoms with Crippen LogP contribution in [0.1, 0.15) is 19.5 Å². The SMILES string of the molecule is O=C(Nc1cccc(Cl)c1Cl)c1cnc(C(=O)O)s1. The summed E-state index contributed by atoms with van der Waals surface area (Å²) in [6.45, 7) is 0. The van der Waals surface area contributed by atoms with Crippen molar-refractivity contribution in [2.24, 2.45) is 0 Å². The highest BCUT2D eigenvalue weighted by Gasteiger charge is 2.16. The molecule has 0 radical (unpaired) electrons. The molecule has 0 atom stereocenters.